The van der Waals surface area contributed by atoms with E-state index in [1.807, 2.05) is 29.2 Å². The second kappa shape index (κ2) is 12.1. The summed E-state index contributed by atoms with van der Waals surface area (Å²) in [7, 11) is 0. The monoisotopic (exact) mass is 625 g/mol. The predicted molar refractivity (Wildman–Crippen MR) is 163 cm³/mol. The van der Waals surface area contributed by atoms with E-state index in [1.165, 1.54) is 34.8 Å². The number of benzene rings is 2. The van der Waals surface area contributed by atoms with Crippen molar-refractivity contribution in [1.29, 1.82) is 0 Å². The van der Waals surface area contributed by atoms with Gasteiger partial charge in [-0.15, -0.1) is 22.7 Å². The predicted octanol–water partition coefficient (Wildman–Crippen LogP) is 7.49. The highest BCUT2D eigenvalue weighted by Crippen LogP contribution is 2.47. The van der Waals surface area contributed by atoms with Crippen LogP contribution in [0.2, 0.25) is 5.02 Å². The van der Waals surface area contributed by atoms with Gasteiger partial charge in [0.15, 0.2) is 0 Å². The summed E-state index contributed by atoms with van der Waals surface area (Å²) in [5.74, 6) is -1.68. The quantitative estimate of drug-likeness (QED) is 0.211. The van der Waals surface area contributed by atoms with E-state index >= 15 is 4.39 Å². The summed E-state index contributed by atoms with van der Waals surface area (Å²) >= 11 is 9.41. The van der Waals surface area contributed by atoms with Crippen LogP contribution in [-0.2, 0) is 22.4 Å². The summed E-state index contributed by atoms with van der Waals surface area (Å²) in [6.45, 7) is 0. The maximum Gasteiger partial charge on any atom is 0.303 e. The standard InChI is InChI=1S/C31H29ClFN3O4S2/c32-22-11-18(23(33)14-24(22)35-30(40)21-16-41-27-8-4-2-6-20(21)27)13-28(37)36-25-7-3-1-5-17(25)12-26(36)31-34-15-19(42-31)9-10-29(38)39/h2,4,6,8,11,14-17,25-26H,1,3,5,7,9-10,12-13H2,(H,35,40)(H,38,39)/t17-,25-,26-/m0/s1. The fourth-order valence-electron chi connectivity index (χ4n) is 6.28. The van der Waals surface area contributed by atoms with E-state index in [0.717, 1.165) is 52.1 Å². The van der Waals surface area contributed by atoms with E-state index in [-0.39, 0.29) is 53.0 Å². The largest absolute Gasteiger partial charge is 0.481 e. The molecule has 1 aliphatic carbocycles. The summed E-state index contributed by atoms with van der Waals surface area (Å²) in [6.07, 6.45) is 6.87. The fourth-order valence-corrected chi connectivity index (χ4v) is 8.48. The molecule has 1 saturated carbocycles. The van der Waals surface area contributed by atoms with Crippen molar-refractivity contribution < 1.29 is 23.9 Å². The SMILES string of the molecule is O=C(O)CCc1cnc([C@@H]2C[C@@H]3CCCC[C@@H]3N2C(=O)Cc2cc(Cl)c(NC(=O)c3csc4ccccc34)cc2F)s1. The maximum atomic E-state index is 15.4. The molecule has 3 atom stereocenters. The molecule has 2 fully saturated rings. The Bertz CT molecular complexity index is 1670. The molecule has 0 spiro atoms. The number of carbonyl (C=O) groups excluding carboxylic acids is 2. The van der Waals surface area contributed by atoms with Gasteiger partial charge in [-0.2, -0.15) is 0 Å². The Kier molecular flexibility index (Phi) is 8.29. The molecule has 7 nitrogen and oxygen atoms in total. The van der Waals surface area contributed by atoms with E-state index < -0.39 is 11.8 Å². The molecule has 2 aliphatic rings. The van der Waals surface area contributed by atoms with Gasteiger partial charge in [0, 0.05) is 32.6 Å². The van der Waals surface area contributed by atoms with E-state index in [9.17, 15) is 14.4 Å². The molecule has 2 aromatic heterocycles. The van der Waals surface area contributed by atoms with Crippen LogP contribution in [0.4, 0.5) is 10.1 Å². The van der Waals surface area contributed by atoms with Crippen molar-refractivity contribution >= 4 is 67.8 Å². The van der Waals surface area contributed by atoms with Crippen LogP contribution in [0, 0.1) is 11.7 Å². The molecule has 0 unspecified atom stereocenters. The first kappa shape index (κ1) is 28.8. The zero-order valence-corrected chi connectivity index (χ0v) is 25.0. The van der Waals surface area contributed by atoms with E-state index in [2.05, 4.69) is 10.3 Å². The van der Waals surface area contributed by atoms with Gasteiger partial charge in [0.1, 0.15) is 10.8 Å². The van der Waals surface area contributed by atoms with Gasteiger partial charge in [-0.05, 0) is 55.4 Å². The number of aliphatic carboxylic acids is 1. The van der Waals surface area contributed by atoms with Crippen LogP contribution >= 0.6 is 34.3 Å². The van der Waals surface area contributed by atoms with Crippen LogP contribution in [0.15, 0.2) is 48.0 Å². The van der Waals surface area contributed by atoms with Gasteiger partial charge in [0.2, 0.25) is 5.91 Å². The molecule has 2 aromatic carbocycles. The molecule has 0 bridgehead atoms. The number of likely N-dealkylation sites (tertiary alicyclic amines) is 1. The summed E-state index contributed by atoms with van der Waals surface area (Å²) in [5, 5.41) is 15.3. The number of carboxylic acid groups (broad SMARTS) is 1. The number of aromatic nitrogens is 1. The molecule has 218 valence electrons. The molecule has 42 heavy (non-hydrogen) atoms. The van der Waals surface area contributed by atoms with Crippen molar-refractivity contribution in [2.75, 3.05) is 5.32 Å². The number of halogens is 2. The number of nitrogens with one attached hydrogen (secondary N) is 1. The van der Waals surface area contributed by atoms with Crippen molar-refractivity contribution in [3.63, 3.8) is 0 Å². The smallest absolute Gasteiger partial charge is 0.303 e. The van der Waals surface area contributed by atoms with Gasteiger partial charge in [-0.25, -0.2) is 9.37 Å². The molecule has 0 radical (unpaired) electrons. The lowest BCUT2D eigenvalue weighted by Crippen LogP contribution is -2.41. The first-order valence-electron chi connectivity index (χ1n) is 14.0. The Morgan fingerprint density at radius 1 is 1.17 bits per heavy atom. The number of carboxylic acids is 1. The zero-order valence-electron chi connectivity index (χ0n) is 22.6. The second-order valence-corrected chi connectivity index (χ2v) is 13.4. The third kappa shape index (κ3) is 5.80. The van der Waals surface area contributed by atoms with Gasteiger partial charge in [-0.1, -0.05) is 42.6 Å². The van der Waals surface area contributed by atoms with Crippen LogP contribution in [-0.4, -0.2) is 38.8 Å². The second-order valence-electron chi connectivity index (χ2n) is 10.9. The lowest BCUT2D eigenvalue weighted by molar-refractivity contribution is -0.137. The summed E-state index contributed by atoms with van der Waals surface area (Å²) in [5.41, 5.74) is 0.804. The number of carbonyl (C=O) groups is 3. The normalized spacial score (nSPS) is 20.0. The number of amides is 2. The van der Waals surface area contributed by atoms with Crippen molar-refractivity contribution in [1.82, 2.24) is 9.88 Å². The number of thiazole rings is 1. The van der Waals surface area contributed by atoms with Gasteiger partial charge >= 0.3 is 5.97 Å². The molecule has 1 aliphatic heterocycles. The van der Waals surface area contributed by atoms with Gasteiger partial charge in [0.05, 0.1) is 35.2 Å². The molecule has 11 heteroatoms. The van der Waals surface area contributed by atoms with Crippen LogP contribution in [0.3, 0.4) is 0 Å². The molecule has 4 aromatic rings. The number of hydrogen-bond acceptors (Lipinski definition) is 6. The minimum absolute atomic E-state index is 0.0283. The first-order valence-corrected chi connectivity index (χ1v) is 16.1. The molecule has 1 saturated heterocycles. The van der Waals surface area contributed by atoms with Crippen LogP contribution < -0.4 is 5.32 Å². The number of thiophene rings is 1. The van der Waals surface area contributed by atoms with Crippen molar-refractivity contribution in [2.45, 2.75) is 63.5 Å². The number of aryl methyl sites for hydroxylation is 1. The third-order valence-electron chi connectivity index (χ3n) is 8.27. The molecule has 6 rings (SSSR count). The van der Waals surface area contributed by atoms with Gasteiger partial charge < -0.3 is 15.3 Å². The average Bonchev–Trinajstić information content (AvgIpc) is 3.71. The van der Waals surface area contributed by atoms with Crippen LogP contribution in [0.25, 0.3) is 10.1 Å². The number of nitrogens with zero attached hydrogens (tertiary/aromatic N) is 2. The van der Waals surface area contributed by atoms with E-state index in [1.54, 1.807) is 11.6 Å². The average molecular weight is 626 g/mol. The summed E-state index contributed by atoms with van der Waals surface area (Å²) < 4.78 is 16.4. The Morgan fingerprint density at radius 2 is 1.98 bits per heavy atom. The van der Waals surface area contributed by atoms with E-state index in [0.29, 0.717) is 17.9 Å². The number of anilines is 1. The maximum absolute atomic E-state index is 15.4. The third-order valence-corrected chi connectivity index (χ3v) is 10.7. The number of hydrogen-bond donors (Lipinski definition) is 2. The zero-order chi connectivity index (χ0) is 29.4. The fraction of sp³-hybridized carbons (Fsp3) is 0.355. The number of rotatable bonds is 8. The summed E-state index contributed by atoms with van der Waals surface area (Å²) in [4.78, 5) is 45.2. The molecule has 2 N–H and O–H groups in total. The van der Waals surface area contributed by atoms with Gasteiger partial charge in [-0.3, -0.25) is 14.4 Å². The van der Waals surface area contributed by atoms with Crippen molar-refractivity contribution in [3.05, 3.63) is 79.8 Å². The number of fused-ring (bicyclic) bond motifs is 2. The van der Waals surface area contributed by atoms with Crippen LogP contribution in [0.1, 0.15) is 70.4 Å². The van der Waals surface area contributed by atoms with Crippen molar-refractivity contribution in [2.24, 2.45) is 5.92 Å². The highest BCUT2D eigenvalue weighted by Gasteiger charge is 2.46. The van der Waals surface area contributed by atoms with Crippen LogP contribution in [0.5, 0.6) is 0 Å². The van der Waals surface area contributed by atoms with E-state index in [4.69, 9.17) is 16.7 Å². The first-order chi connectivity index (χ1) is 20.3. The Labute approximate surface area is 255 Å². The topological polar surface area (TPSA) is 99.6 Å². The minimum atomic E-state index is -0.861. The highest BCUT2D eigenvalue weighted by atomic mass is 35.5. The Hall–Kier alpha value is -3.34. The Balaban J connectivity index is 1.20. The lowest BCUT2D eigenvalue weighted by Gasteiger charge is -2.33. The van der Waals surface area contributed by atoms with Gasteiger partial charge in [0.25, 0.3) is 5.91 Å². The lowest BCUT2D eigenvalue weighted by atomic mass is 9.84. The minimum Gasteiger partial charge on any atom is -0.481 e. The molecule has 2 amide bonds. The highest BCUT2D eigenvalue weighted by molar-refractivity contribution is 7.17. The molecular formula is C31H29ClFN3O4S2. The van der Waals surface area contributed by atoms with Crippen molar-refractivity contribution in [3.8, 4) is 0 Å². The molecular weight excluding hydrogens is 597 g/mol. The summed E-state index contributed by atoms with van der Waals surface area (Å²) in [6, 6.07) is 10.0. The molecule has 3 heterocycles. The Morgan fingerprint density at radius 3 is 2.81 bits per heavy atom.